The van der Waals surface area contributed by atoms with E-state index in [1.807, 2.05) is 0 Å². The Kier molecular flexibility index (Phi) is 2.83. The van der Waals surface area contributed by atoms with Crippen molar-refractivity contribution < 1.29 is 8.42 Å². The average Bonchev–Trinajstić information content (AvgIpc) is 2.94. The minimum atomic E-state index is -3.16. The lowest BCUT2D eigenvalue weighted by atomic mass is 10.1. The zero-order valence-corrected chi connectivity index (χ0v) is 11.1. The molecule has 0 radical (unpaired) electrons. The standard InChI is InChI=1S/C13H18N2O2S/c14-12-4-1-10(2-5-12)9-18(16,17)15-8-11-3-6-13(15)7-11/h1-2,4-5,11,13H,3,6-9,14H2. The first-order chi connectivity index (χ1) is 8.54. The number of nitrogens with zero attached hydrogens (tertiary/aromatic N) is 1. The summed E-state index contributed by atoms with van der Waals surface area (Å²) in [6.45, 7) is 0.724. The Hall–Kier alpha value is -1.07. The Morgan fingerprint density at radius 1 is 1.22 bits per heavy atom. The van der Waals surface area contributed by atoms with Crippen molar-refractivity contribution >= 4 is 15.7 Å². The Labute approximate surface area is 108 Å². The summed E-state index contributed by atoms with van der Waals surface area (Å²) in [4.78, 5) is 0. The molecule has 2 atom stereocenters. The zero-order chi connectivity index (χ0) is 12.8. The van der Waals surface area contributed by atoms with Gasteiger partial charge in [-0.3, -0.25) is 0 Å². The first-order valence-corrected chi connectivity index (χ1v) is 7.99. The molecule has 1 saturated heterocycles. The van der Waals surface area contributed by atoms with Crippen LogP contribution in [0, 0.1) is 5.92 Å². The molecule has 0 aromatic heterocycles. The van der Waals surface area contributed by atoms with Gasteiger partial charge in [-0.2, -0.15) is 4.31 Å². The van der Waals surface area contributed by atoms with Crippen molar-refractivity contribution in [1.29, 1.82) is 0 Å². The summed E-state index contributed by atoms with van der Waals surface area (Å²) in [5.74, 6) is 0.687. The molecule has 5 heteroatoms. The molecule has 98 valence electrons. The van der Waals surface area contributed by atoms with Gasteiger partial charge in [0, 0.05) is 18.3 Å². The molecule has 1 aliphatic heterocycles. The highest BCUT2D eigenvalue weighted by Crippen LogP contribution is 2.39. The number of fused-ring (bicyclic) bond motifs is 2. The number of piperidine rings is 1. The second kappa shape index (κ2) is 4.24. The van der Waals surface area contributed by atoms with Crippen molar-refractivity contribution in [3.05, 3.63) is 29.8 Å². The minimum absolute atomic E-state index is 0.0938. The molecule has 2 unspecified atom stereocenters. The predicted octanol–water partition coefficient (Wildman–Crippen LogP) is 1.58. The van der Waals surface area contributed by atoms with Crippen molar-refractivity contribution in [2.45, 2.75) is 31.1 Å². The van der Waals surface area contributed by atoms with Crippen LogP contribution >= 0.6 is 0 Å². The first kappa shape index (κ1) is 12.0. The molecule has 2 bridgehead atoms. The van der Waals surface area contributed by atoms with Gasteiger partial charge in [0.2, 0.25) is 10.0 Å². The second-order valence-corrected chi connectivity index (χ2v) is 7.32. The van der Waals surface area contributed by atoms with Gasteiger partial charge in [0.05, 0.1) is 5.75 Å². The summed E-state index contributed by atoms with van der Waals surface area (Å²) in [6.07, 6.45) is 3.28. The summed E-state index contributed by atoms with van der Waals surface area (Å²) >= 11 is 0. The maximum absolute atomic E-state index is 12.4. The van der Waals surface area contributed by atoms with Crippen LogP contribution < -0.4 is 5.73 Å². The third-order valence-electron chi connectivity index (χ3n) is 4.05. The highest BCUT2D eigenvalue weighted by atomic mass is 32.2. The van der Waals surface area contributed by atoms with Crippen molar-refractivity contribution in [3.8, 4) is 0 Å². The van der Waals surface area contributed by atoms with Gasteiger partial charge in [0.15, 0.2) is 0 Å². The molecule has 2 N–H and O–H groups in total. The average molecular weight is 266 g/mol. The molecule has 4 nitrogen and oxygen atoms in total. The van der Waals surface area contributed by atoms with Gasteiger partial charge >= 0.3 is 0 Å². The summed E-state index contributed by atoms with van der Waals surface area (Å²) in [5, 5.41) is 0. The second-order valence-electron chi connectivity index (χ2n) is 5.40. The van der Waals surface area contributed by atoms with Crippen LogP contribution in [-0.4, -0.2) is 25.3 Å². The normalized spacial score (nSPS) is 27.8. The number of hydrogen-bond donors (Lipinski definition) is 1. The lowest BCUT2D eigenvalue weighted by Gasteiger charge is -2.26. The SMILES string of the molecule is Nc1ccc(CS(=O)(=O)N2CC3CCC2C3)cc1. The molecule has 3 rings (SSSR count). The van der Waals surface area contributed by atoms with Crippen LogP contribution in [0.15, 0.2) is 24.3 Å². The number of rotatable bonds is 3. The van der Waals surface area contributed by atoms with Crippen molar-refractivity contribution in [1.82, 2.24) is 4.31 Å². The molecule has 1 heterocycles. The quantitative estimate of drug-likeness (QED) is 0.845. The lowest BCUT2D eigenvalue weighted by molar-refractivity contribution is 0.333. The van der Waals surface area contributed by atoms with Gasteiger partial charge in [-0.05, 0) is 42.9 Å². The first-order valence-electron chi connectivity index (χ1n) is 6.38. The van der Waals surface area contributed by atoms with Crippen molar-refractivity contribution in [2.24, 2.45) is 5.92 Å². The van der Waals surface area contributed by atoms with Crippen LogP contribution in [0.25, 0.3) is 0 Å². The van der Waals surface area contributed by atoms with Crippen molar-refractivity contribution in [3.63, 3.8) is 0 Å². The Bertz CT molecular complexity index is 539. The van der Waals surface area contributed by atoms with Crippen LogP contribution in [0.1, 0.15) is 24.8 Å². The van der Waals surface area contributed by atoms with Crippen LogP contribution in [0.4, 0.5) is 5.69 Å². The lowest BCUT2D eigenvalue weighted by Crippen LogP contribution is -2.38. The molecule has 18 heavy (non-hydrogen) atoms. The van der Waals surface area contributed by atoms with Gasteiger partial charge in [0.1, 0.15) is 0 Å². The van der Waals surface area contributed by atoms with Gasteiger partial charge in [-0.25, -0.2) is 8.42 Å². The minimum Gasteiger partial charge on any atom is -0.399 e. The van der Waals surface area contributed by atoms with Crippen LogP contribution in [0.3, 0.4) is 0 Å². The molecule has 2 aliphatic rings. The molecule has 1 aromatic carbocycles. The maximum Gasteiger partial charge on any atom is 0.218 e. The van der Waals surface area contributed by atoms with E-state index in [0.717, 1.165) is 24.9 Å². The number of anilines is 1. The van der Waals surface area contributed by atoms with Crippen LogP contribution in [0.2, 0.25) is 0 Å². The Balaban J connectivity index is 1.77. The van der Waals surface area contributed by atoms with Crippen LogP contribution in [-0.2, 0) is 15.8 Å². The summed E-state index contributed by atoms with van der Waals surface area (Å²) in [5.41, 5.74) is 7.08. The highest BCUT2D eigenvalue weighted by molar-refractivity contribution is 7.88. The van der Waals surface area contributed by atoms with E-state index in [1.54, 1.807) is 28.6 Å². The fraction of sp³-hybridized carbons (Fsp3) is 0.538. The van der Waals surface area contributed by atoms with Crippen molar-refractivity contribution in [2.75, 3.05) is 12.3 Å². The smallest absolute Gasteiger partial charge is 0.218 e. The molecule has 0 amide bonds. The largest absolute Gasteiger partial charge is 0.399 e. The molecule has 1 saturated carbocycles. The molecule has 1 aromatic rings. The topological polar surface area (TPSA) is 63.4 Å². The molecule has 1 aliphatic carbocycles. The van der Waals surface area contributed by atoms with Crippen LogP contribution in [0.5, 0.6) is 0 Å². The fourth-order valence-electron chi connectivity index (χ4n) is 3.13. The van der Waals surface area contributed by atoms with E-state index in [9.17, 15) is 8.42 Å². The third kappa shape index (κ3) is 2.12. The monoisotopic (exact) mass is 266 g/mol. The van der Waals surface area contributed by atoms with E-state index in [0.29, 0.717) is 11.6 Å². The van der Waals surface area contributed by atoms with Gasteiger partial charge in [-0.15, -0.1) is 0 Å². The maximum atomic E-state index is 12.4. The van der Waals surface area contributed by atoms with E-state index in [-0.39, 0.29) is 11.8 Å². The van der Waals surface area contributed by atoms with Gasteiger partial charge < -0.3 is 5.73 Å². The van der Waals surface area contributed by atoms with Gasteiger partial charge in [-0.1, -0.05) is 12.1 Å². The Morgan fingerprint density at radius 2 is 1.94 bits per heavy atom. The highest BCUT2D eigenvalue weighted by Gasteiger charge is 2.43. The summed E-state index contributed by atoms with van der Waals surface area (Å²) < 4.78 is 26.5. The predicted molar refractivity (Wildman–Crippen MR) is 71.3 cm³/mol. The van der Waals surface area contributed by atoms with E-state index < -0.39 is 10.0 Å². The third-order valence-corrected chi connectivity index (χ3v) is 5.90. The number of hydrogen-bond acceptors (Lipinski definition) is 3. The number of nitrogen functional groups attached to an aromatic ring is 1. The molecule has 2 fully saturated rings. The molecule has 0 spiro atoms. The summed E-state index contributed by atoms with van der Waals surface area (Å²) in [7, 11) is -3.16. The zero-order valence-electron chi connectivity index (χ0n) is 10.2. The molecular weight excluding hydrogens is 248 g/mol. The Morgan fingerprint density at radius 3 is 2.50 bits per heavy atom. The number of nitrogens with two attached hydrogens (primary N) is 1. The van der Waals surface area contributed by atoms with E-state index in [2.05, 4.69) is 0 Å². The number of benzene rings is 1. The summed E-state index contributed by atoms with van der Waals surface area (Å²) in [6, 6.07) is 7.35. The van der Waals surface area contributed by atoms with E-state index >= 15 is 0 Å². The molecular formula is C13H18N2O2S. The van der Waals surface area contributed by atoms with Gasteiger partial charge in [0.25, 0.3) is 0 Å². The number of sulfonamides is 1. The van der Waals surface area contributed by atoms with E-state index in [1.165, 1.54) is 6.42 Å². The fourth-order valence-corrected chi connectivity index (χ4v) is 4.99. The van der Waals surface area contributed by atoms with E-state index in [4.69, 9.17) is 5.73 Å².